The van der Waals surface area contributed by atoms with Gasteiger partial charge in [0.2, 0.25) is 0 Å². The van der Waals surface area contributed by atoms with Crippen molar-refractivity contribution in [1.29, 1.82) is 0 Å². The summed E-state index contributed by atoms with van der Waals surface area (Å²) < 4.78 is 0. The number of hydrogen-bond donors (Lipinski definition) is 1. The van der Waals surface area contributed by atoms with E-state index in [9.17, 15) is 0 Å². The van der Waals surface area contributed by atoms with E-state index in [0.29, 0.717) is 6.26 Å². The van der Waals surface area contributed by atoms with E-state index >= 15 is 0 Å². The minimum atomic E-state index is 0. The summed E-state index contributed by atoms with van der Waals surface area (Å²) in [6.45, 7) is 4.28. The van der Waals surface area contributed by atoms with Gasteiger partial charge in [0.05, 0.1) is 0 Å². The average molecular weight is 242 g/mol. The van der Waals surface area contributed by atoms with Crippen molar-refractivity contribution in [1.82, 2.24) is 0 Å². The molecule has 0 aliphatic carbocycles. The first kappa shape index (κ1) is 18.8. The largest absolute Gasteiger partial charge is 2.00 e. The van der Waals surface area contributed by atoms with Crippen LogP contribution >= 0.6 is 0 Å². The smallest absolute Gasteiger partial charge is 0.553 e. The molecule has 0 rings (SSSR count). The summed E-state index contributed by atoms with van der Waals surface area (Å²) in [7, 11) is 0. The summed E-state index contributed by atoms with van der Waals surface area (Å²) in [4.78, 5) is 0. The van der Waals surface area contributed by atoms with Crippen LogP contribution in [0.5, 0.6) is 0 Å². The first-order chi connectivity index (χ1) is 1.41. The quantitative estimate of drug-likeness (QED) is 0.495. The third-order valence-corrected chi connectivity index (χ3v) is 0. The van der Waals surface area contributed by atoms with Crippen molar-refractivity contribution < 1.29 is 26.2 Å². The van der Waals surface area contributed by atoms with Gasteiger partial charge in [0.25, 0.3) is 0 Å². The number of hydrogen-bond acceptors (Lipinski definition) is 1. The van der Waals surface area contributed by atoms with Gasteiger partial charge in [-0.2, -0.15) is 0 Å². The van der Waals surface area contributed by atoms with Crippen molar-refractivity contribution in [2.24, 2.45) is 0 Å². The zero-order chi connectivity index (χ0) is 2.71. The van der Waals surface area contributed by atoms with Crippen molar-refractivity contribution in [2.75, 3.05) is 0 Å². The molecule has 0 unspecified atom stereocenters. The van der Waals surface area contributed by atoms with Crippen molar-refractivity contribution in [3.63, 3.8) is 0 Å². The van der Waals surface area contributed by atoms with E-state index in [4.69, 9.17) is 5.11 Å². The molecule has 2 heteroatoms. The third-order valence-electron chi connectivity index (χ3n) is 0. The van der Waals surface area contributed by atoms with Gasteiger partial charge < -0.3 is 19.1 Å². The summed E-state index contributed by atoms with van der Waals surface area (Å²) in [6.07, 6.45) is 0.500. The molecule has 0 aromatic rings. The van der Waals surface area contributed by atoms with Crippen LogP contribution in [0, 0.1) is 14.0 Å². The maximum Gasteiger partial charge on any atom is 2.00 e. The van der Waals surface area contributed by atoms with Crippen LogP contribution in [0.1, 0.15) is 0 Å². The van der Waals surface area contributed by atoms with Gasteiger partial charge in [0, 0.05) is 0 Å². The van der Waals surface area contributed by atoms with Gasteiger partial charge >= 0.3 is 21.1 Å². The summed E-state index contributed by atoms with van der Waals surface area (Å²) >= 11 is 0. The predicted octanol–water partition coefficient (Wildman–Crippen LogP) is 0.939. The summed E-state index contributed by atoms with van der Waals surface area (Å²) in [5.74, 6) is 0. The molecular weight excluding hydrogens is 236 g/mol. The van der Waals surface area contributed by atoms with Gasteiger partial charge in [0.1, 0.15) is 0 Å². The minimum Gasteiger partial charge on any atom is -0.553 e. The molecule has 0 aromatic carbocycles. The molecule has 0 saturated heterocycles. The van der Waals surface area contributed by atoms with E-state index in [-0.39, 0.29) is 28.5 Å². The van der Waals surface area contributed by atoms with Crippen molar-refractivity contribution in [2.45, 2.75) is 0 Å². The zero-order valence-electron chi connectivity index (χ0n) is 3.01. The molecule has 0 radical (unpaired) electrons. The Hall–Kier alpha value is 0.228. The predicted molar refractivity (Wildman–Crippen MR) is 17.9 cm³/mol. The second-order valence-corrected chi connectivity index (χ2v) is 0.149. The molecule has 0 heterocycles. The summed E-state index contributed by atoms with van der Waals surface area (Å²) in [5, 5.41) is 7.22. The fraction of sp³-hybridized carbons (Fsp3) is 0. The Labute approximate surface area is 47.0 Å². The van der Waals surface area contributed by atoms with Gasteiger partial charge in [-0.05, 0) is 0 Å². The first-order valence-electron chi connectivity index (χ1n) is 0.592. The maximum atomic E-state index is 7.22. The molecule has 30 valence electrons. The third kappa shape index (κ3) is 403. The molecule has 0 aromatic heterocycles. The monoisotopic (exact) mass is 242 g/mol. The Balaban J connectivity index is -0.0000000200. The van der Waals surface area contributed by atoms with E-state index in [0.717, 1.165) is 0 Å². The van der Waals surface area contributed by atoms with Crippen LogP contribution in [0.4, 0.5) is 0 Å². The van der Waals surface area contributed by atoms with E-state index < -0.39 is 0 Å². The van der Waals surface area contributed by atoms with Crippen molar-refractivity contribution >= 4 is 0 Å². The summed E-state index contributed by atoms with van der Waals surface area (Å²) in [5.41, 5.74) is 0. The van der Waals surface area contributed by atoms with E-state index in [1.54, 1.807) is 0 Å². The normalized spacial score (nSPS) is 2.40. The fourth-order valence-corrected chi connectivity index (χ4v) is 0. The molecule has 0 amide bonds. The van der Waals surface area contributed by atoms with Crippen LogP contribution in [0.3, 0.4) is 0 Å². The fourth-order valence-electron chi connectivity index (χ4n) is 0. The molecular formula is C3H6OW. The molecule has 1 N–H and O–H groups in total. The maximum absolute atomic E-state index is 7.22. The second-order valence-electron chi connectivity index (χ2n) is 0.149. The van der Waals surface area contributed by atoms with Crippen molar-refractivity contribution in [3.8, 4) is 0 Å². The number of aliphatic hydroxyl groups is 1. The molecule has 5 heavy (non-hydrogen) atoms. The Kier molecular flexibility index (Phi) is 110. The Morgan fingerprint density at radius 2 is 1.60 bits per heavy atom. The van der Waals surface area contributed by atoms with Crippen LogP contribution in [-0.4, -0.2) is 5.11 Å². The van der Waals surface area contributed by atoms with Crippen LogP contribution in [-0.2, 0) is 21.1 Å². The van der Waals surface area contributed by atoms with Crippen LogP contribution in [0.25, 0.3) is 0 Å². The van der Waals surface area contributed by atoms with Gasteiger partial charge in [-0.1, -0.05) is 0 Å². The molecule has 0 saturated carbocycles. The van der Waals surface area contributed by atoms with E-state index in [1.807, 2.05) is 0 Å². The van der Waals surface area contributed by atoms with E-state index in [2.05, 4.69) is 6.58 Å². The second kappa shape index (κ2) is 29.2. The van der Waals surface area contributed by atoms with Crippen LogP contribution in [0.15, 0.2) is 6.26 Å². The minimum absolute atomic E-state index is 0. The van der Waals surface area contributed by atoms with Gasteiger partial charge in [0.15, 0.2) is 0 Å². The van der Waals surface area contributed by atoms with Crippen LogP contribution < -0.4 is 0 Å². The number of aliphatic hydroxyl groups excluding tert-OH is 1. The molecule has 0 spiro atoms. The molecule has 0 aliphatic heterocycles. The molecule has 0 atom stereocenters. The van der Waals surface area contributed by atoms with Gasteiger partial charge in [-0.25, -0.2) is 0 Å². The molecule has 0 aliphatic rings. The Bertz CT molecular complexity index is 14.4. The van der Waals surface area contributed by atoms with Crippen molar-refractivity contribution in [3.05, 3.63) is 20.3 Å². The van der Waals surface area contributed by atoms with Gasteiger partial charge in [-0.3, -0.25) is 0 Å². The molecule has 1 nitrogen and oxygen atoms in total. The SMILES string of the molecule is [CH-]=CO.[CH3-].[W+2]. The topological polar surface area (TPSA) is 20.2 Å². The van der Waals surface area contributed by atoms with Crippen LogP contribution in [0.2, 0.25) is 0 Å². The standard InChI is InChI=1S/C2H3O.CH3.W/c1-2-3;;/h1-3H;1H3;/q2*-1;+2. The zero-order valence-corrected chi connectivity index (χ0v) is 5.94. The first-order valence-corrected chi connectivity index (χ1v) is 0.592. The van der Waals surface area contributed by atoms with Gasteiger partial charge in [-0.15, -0.1) is 6.26 Å². The van der Waals surface area contributed by atoms with E-state index in [1.165, 1.54) is 0 Å². The summed E-state index contributed by atoms with van der Waals surface area (Å²) in [6, 6.07) is 0. The molecule has 0 bridgehead atoms. The average Bonchev–Trinajstić information content (AvgIpc) is 0.918. The molecule has 0 fully saturated rings. The number of rotatable bonds is 0. The Morgan fingerprint density at radius 1 is 1.60 bits per heavy atom. The Morgan fingerprint density at radius 3 is 1.60 bits per heavy atom.